The molecule has 0 aliphatic carbocycles. The minimum Gasteiger partial charge on any atom is -0.467 e. The number of rotatable bonds is 8. The van der Waals surface area contributed by atoms with E-state index in [4.69, 9.17) is 4.74 Å². The van der Waals surface area contributed by atoms with Crippen molar-refractivity contribution in [2.75, 3.05) is 7.11 Å². The van der Waals surface area contributed by atoms with E-state index in [1.54, 1.807) is 0 Å². The average Bonchev–Trinajstić information content (AvgIpc) is 2.65. The maximum Gasteiger partial charge on any atom is 0.534 e. The Morgan fingerprint density at radius 2 is 1.36 bits per heavy atom. The van der Waals surface area contributed by atoms with Crippen LogP contribution in [-0.4, -0.2) is 58.7 Å². The number of halogens is 6. The predicted molar refractivity (Wildman–Crippen MR) is 107 cm³/mol. The van der Waals surface area contributed by atoms with Gasteiger partial charge in [-0.2, -0.15) is 43.2 Å². The van der Waals surface area contributed by atoms with E-state index in [0.717, 1.165) is 13.2 Å². The number of alkyl halides is 6. The van der Waals surface area contributed by atoms with Crippen LogP contribution in [0.5, 0.6) is 11.5 Å². The molecule has 19 heteroatoms. The Bertz CT molecular complexity index is 1190. The molecule has 0 spiro atoms. The number of methoxy groups -OCH3 is 1. The number of amides is 1. The Hall–Kier alpha value is -2.96. The molecule has 206 valence electrons. The van der Waals surface area contributed by atoms with Gasteiger partial charge < -0.3 is 23.2 Å². The van der Waals surface area contributed by atoms with Crippen LogP contribution in [0.15, 0.2) is 18.2 Å². The predicted octanol–water partition coefficient (Wildman–Crippen LogP) is 2.75. The van der Waals surface area contributed by atoms with E-state index < -0.39 is 72.9 Å². The van der Waals surface area contributed by atoms with Crippen molar-refractivity contribution >= 4 is 32.3 Å². The lowest BCUT2D eigenvalue weighted by Crippen LogP contribution is -2.45. The van der Waals surface area contributed by atoms with E-state index in [0.29, 0.717) is 12.1 Å². The van der Waals surface area contributed by atoms with Crippen molar-refractivity contribution in [3.8, 4) is 11.5 Å². The van der Waals surface area contributed by atoms with Gasteiger partial charge in [-0.15, -0.1) is 0 Å². The van der Waals surface area contributed by atoms with Gasteiger partial charge >= 0.3 is 43.3 Å². The van der Waals surface area contributed by atoms with Crippen molar-refractivity contribution in [3.05, 3.63) is 23.8 Å². The monoisotopic (exact) mass is 575 g/mol. The Morgan fingerprint density at radius 1 is 0.889 bits per heavy atom. The van der Waals surface area contributed by atoms with E-state index in [9.17, 15) is 52.8 Å². The molecule has 1 N–H and O–H groups in total. The highest BCUT2D eigenvalue weighted by molar-refractivity contribution is 7.88. The molecule has 0 saturated carbocycles. The third-order valence-electron chi connectivity index (χ3n) is 3.59. The van der Waals surface area contributed by atoms with Crippen molar-refractivity contribution in [2.45, 2.75) is 49.9 Å². The highest BCUT2D eigenvalue weighted by Crippen LogP contribution is 2.37. The van der Waals surface area contributed by atoms with Gasteiger partial charge in [0.1, 0.15) is 11.6 Å². The van der Waals surface area contributed by atoms with E-state index in [2.05, 4.69) is 18.4 Å². The van der Waals surface area contributed by atoms with Crippen molar-refractivity contribution < 1.29 is 70.6 Å². The summed E-state index contributed by atoms with van der Waals surface area (Å²) >= 11 is 0. The van der Waals surface area contributed by atoms with Crippen molar-refractivity contribution in [3.63, 3.8) is 0 Å². The minimum absolute atomic E-state index is 0.328. The van der Waals surface area contributed by atoms with E-state index in [-0.39, 0.29) is 5.56 Å². The standard InChI is InChI=1S/C17H19F6NO10S2/c1-15(2,3)32-14(26)24-10(13(25)31-4)7-9-5-6-11(33-35(27,28)16(18,19)20)12(8-9)34-36(29,30)17(21,22)23/h5-6,8,10H,7H2,1-4H3,(H,24,26)/t10-/m0/s1. The first-order valence-corrected chi connectivity index (χ1v) is 12.0. The summed E-state index contributed by atoms with van der Waals surface area (Å²) < 4.78 is 138. The molecular formula is C17H19F6NO10S2. The van der Waals surface area contributed by atoms with Crippen molar-refractivity contribution in [2.24, 2.45) is 0 Å². The van der Waals surface area contributed by atoms with Crippen molar-refractivity contribution in [1.29, 1.82) is 0 Å². The number of nitrogens with one attached hydrogen (secondary N) is 1. The van der Waals surface area contributed by atoms with Crippen LogP contribution in [-0.2, 0) is 40.9 Å². The zero-order chi connectivity index (χ0) is 28.3. The molecule has 0 saturated heterocycles. The topological polar surface area (TPSA) is 151 Å². The smallest absolute Gasteiger partial charge is 0.467 e. The van der Waals surface area contributed by atoms with Gasteiger partial charge in [-0.25, -0.2) is 9.59 Å². The molecule has 11 nitrogen and oxygen atoms in total. The highest BCUT2D eigenvalue weighted by atomic mass is 32.2. The molecule has 1 aromatic rings. The lowest BCUT2D eigenvalue weighted by Gasteiger charge is -2.23. The first-order valence-electron chi connectivity index (χ1n) is 9.21. The fourth-order valence-corrected chi connectivity index (χ4v) is 3.10. The second-order valence-corrected chi connectivity index (χ2v) is 10.7. The van der Waals surface area contributed by atoms with E-state index in [1.165, 1.54) is 20.8 Å². The second kappa shape index (κ2) is 10.6. The molecule has 0 aliphatic rings. The van der Waals surface area contributed by atoms with Crippen LogP contribution in [0.25, 0.3) is 0 Å². The zero-order valence-electron chi connectivity index (χ0n) is 18.7. The fraction of sp³-hybridized carbons (Fsp3) is 0.529. The molecule has 0 radical (unpaired) electrons. The molecule has 1 rings (SSSR count). The van der Waals surface area contributed by atoms with Crippen LogP contribution >= 0.6 is 0 Å². The number of benzene rings is 1. The Labute approximate surface area is 200 Å². The SMILES string of the molecule is COC(=O)[C@H](Cc1ccc(OS(=O)(=O)C(F)(F)F)c(OS(=O)(=O)C(F)(F)F)c1)NC(=O)OC(C)(C)C. The number of carbonyl (C=O) groups is 2. The molecular weight excluding hydrogens is 556 g/mol. The Kier molecular flexibility index (Phi) is 9.12. The number of ether oxygens (including phenoxy) is 2. The van der Waals surface area contributed by atoms with Gasteiger partial charge in [-0.1, -0.05) is 6.07 Å². The fourth-order valence-electron chi connectivity index (χ4n) is 2.17. The minimum atomic E-state index is -6.51. The van der Waals surface area contributed by atoms with Crippen LogP contribution in [0.2, 0.25) is 0 Å². The van der Waals surface area contributed by atoms with Gasteiger partial charge in [0.15, 0.2) is 11.5 Å². The number of alkyl carbamates (subject to hydrolysis) is 1. The molecule has 1 amide bonds. The molecule has 1 aromatic carbocycles. The first kappa shape index (κ1) is 31.1. The van der Waals surface area contributed by atoms with Gasteiger partial charge in [0.25, 0.3) is 0 Å². The lowest BCUT2D eigenvalue weighted by molar-refractivity contribution is -0.143. The maximum absolute atomic E-state index is 12.7. The van der Waals surface area contributed by atoms with Gasteiger partial charge in [0.2, 0.25) is 0 Å². The quantitative estimate of drug-likeness (QED) is 0.212. The molecule has 36 heavy (non-hydrogen) atoms. The average molecular weight is 575 g/mol. The molecule has 1 atom stereocenters. The van der Waals surface area contributed by atoms with Crippen LogP contribution in [0.4, 0.5) is 31.1 Å². The van der Waals surface area contributed by atoms with Crippen molar-refractivity contribution in [1.82, 2.24) is 5.32 Å². The maximum atomic E-state index is 12.7. The zero-order valence-corrected chi connectivity index (χ0v) is 20.3. The van der Waals surface area contributed by atoms with E-state index in [1.807, 2.05) is 0 Å². The van der Waals surface area contributed by atoms with E-state index >= 15 is 0 Å². The number of hydrogen-bond acceptors (Lipinski definition) is 10. The molecule has 0 heterocycles. The summed E-state index contributed by atoms with van der Waals surface area (Å²) in [6, 6.07) is -0.123. The van der Waals surface area contributed by atoms with Gasteiger partial charge in [-0.3, -0.25) is 0 Å². The summed E-state index contributed by atoms with van der Waals surface area (Å²) in [7, 11) is -12.0. The summed E-state index contributed by atoms with van der Waals surface area (Å²) in [5.74, 6) is -4.29. The first-order chi connectivity index (χ1) is 16.0. The number of hydrogen-bond donors (Lipinski definition) is 1. The Morgan fingerprint density at radius 3 is 1.78 bits per heavy atom. The summed E-state index contributed by atoms with van der Waals surface area (Å²) in [5.41, 5.74) is -13.4. The Balaban J connectivity index is 3.47. The lowest BCUT2D eigenvalue weighted by atomic mass is 10.1. The van der Waals surface area contributed by atoms with Crippen LogP contribution in [0.3, 0.4) is 0 Å². The summed E-state index contributed by atoms with van der Waals surface area (Å²) in [5, 5.41) is 2.09. The molecule has 0 aliphatic heterocycles. The summed E-state index contributed by atoms with van der Waals surface area (Å²) in [4.78, 5) is 24.0. The molecule has 0 unspecified atom stereocenters. The largest absolute Gasteiger partial charge is 0.534 e. The molecule has 0 fully saturated rings. The molecule has 0 bridgehead atoms. The number of carbonyl (C=O) groups excluding carboxylic acids is 2. The van der Waals surface area contributed by atoms with Gasteiger partial charge in [0.05, 0.1) is 7.11 Å². The third-order valence-corrected chi connectivity index (χ3v) is 5.52. The highest BCUT2D eigenvalue weighted by Gasteiger charge is 2.51. The normalized spacial score (nSPS) is 13.9. The second-order valence-electron chi connectivity index (χ2n) is 7.67. The van der Waals surface area contributed by atoms with Gasteiger partial charge in [-0.05, 0) is 38.5 Å². The molecule has 0 aromatic heterocycles. The third kappa shape index (κ3) is 8.61. The van der Waals surface area contributed by atoms with Gasteiger partial charge in [0, 0.05) is 6.42 Å². The summed E-state index contributed by atoms with van der Waals surface area (Å²) in [6.45, 7) is 4.45. The van der Waals surface area contributed by atoms with Crippen LogP contribution in [0.1, 0.15) is 26.3 Å². The van der Waals surface area contributed by atoms with Crippen LogP contribution < -0.4 is 13.7 Å². The summed E-state index contributed by atoms with van der Waals surface area (Å²) in [6.07, 6.45) is -1.79. The number of esters is 1. The van der Waals surface area contributed by atoms with Crippen LogP contribution in [0, 0.1) is 0 Å².